The molecule has 0 amide bonds. The van der Waals surface area contributed by atoms with Gasteiger partial charge in [-0.1, -0.05) is 18.2 Å². The number of nitrogens with one attached hydrogen (secondary N) is 1. The Labute approximate surface area is 93.3 Å². The Morgan fingerprint density at radius 1 is 1.31 bits per heavy atom. The van der Waals surface area contributed by atoms with Crippen molar-refractivity contribution >= 4 is 10.9 Å². The predicted molar refractivity (Wildman–Crippen MR) is 63.1 cm³/mol. The van der Waals surface area contributed by atoms with Crippen LogP contribution in [0.2, 0.25) is 0 Å². The highest BCUT2D eigenvalue weighted by atomic mass is 16.1. The Kier molecular flexibility index (Phi) is 3.02. The highest BCUT2D eigenvalue weighted by Crippen LogP contribution is 2.11. The Hall–Kier alpha value is -2.08. The minimum Gasteiger partial charge on any atom is -0.322 e. The first-order chi connectivity index (χ1) is 7.81. The van der Waals surface area contributed by atoms with Gasteiger partial charge in [-0.05, 0) is 30.4 Å². The molecule has 2 rings (SSSR count). The molecule has 3 heteroatoms. The fourth-order valence-electron chi connectivity index (χ4n) is 1.74. The topological polar surface area (TPSA) is 56.6 Å². The number of nitrogens with zero attached hydrogens (tertiary/aromatic N) is 1. The Morgan fingerprint density at radius 3 is 2.94 bits per heavy atom. The van der Waals surface area contributed by atoms with Crippen molar-refractivity contribution in [3.8, 4) is 6.07 Å². The number of aromatic amines is 1. The van der Waals surface area contributed by atoms with E-state index in [1.54, 1.807) is 0 Å². The highest BCUT2D eigenvalue weighted by Gasteiger charge is 2.01. The number of hydrogen-bond acceptors (Lipinski definition) is 2. The molecule has 0 aliphatic carbocycles. The van der Waals surface area contributed by atoms with E-state index in [-0.39, 0.29) is 5.56 Å². The van der Waals surface area contributed by atoms with Gasteiger partial charge in [0.25, 0.3) is 5.56 Å². The lowest BCUT2D eigenvalue weighted by Crippen LogP contribution is -2.12. The minimum absolute atomic E-state index is 0.0448. The van der Waals surface area contributed by atoms with Crippen molar-refractivity contribution in [1.82, 2.24) is 4.98 Å². The maximum Gasteiger partial charge on any atom is 0.251 e. The second kappa shape index (κ2) is 4.63. The fourth-order valence-corrected chi connectivity index (χ4v) is 1.74. The van der Waals surface area contributed by atoms with Gasteiger partial charge in [-0.15, -0.1) is 0 Å². The van der Waals surface area contributed by atoms with Crippen molar-refractivity contribution in [3.05, 3.63) is 46.2 Å². The second-order valence-electron chi connectivity index (χ2n) is 3.72. The third-order valence-electron chi connectivity index (χ3n) is 2.57. The van der Waals surface area contributed by atoms with Gasteiger partial charge in [0, 0.05) is 17.5 Å². The number of unbranched alkanes of at least 4 members (excludes halogenated alkanes) is 1. The molecule has 0 aliphatic heterocycles. The molecule has 0 saturated carbocycles. The zero-order valence-electron chi connectivity index (χ0n) is 8.86. The lowest BCUT2D eigenvalue weighted by molar-refractivity contribution is 0.840. The van der Waals surface area contributed by atoms with Crippen LogP contribution in [-0.2, 0) is 6.42 Å². The third-order valence-corrected chi connectivity index (χ3v) is 2.57. The first kappa shape index (κ1) is 10.4. The highest BCUT2D eigenvalue weighted by molar-refractivity contribution is 5.78. The van der Waals surface area contributed by atoms with Crippen LogP contribution in [0.3, 0.4) is 0 Å². The van der Waals surface area contributed by atoms with Crippen LogP contribution in [0.4, 0.5) is 0 Å². The van der Waals surface area contributed by atoms with Crippen LogP contribution in [-0.4, -0.2) is 4.98 Å². The van der Waals surface area contributed by atoms with E-state index in [0.29, 0.717) is 12.8 Å². The third kappa shape index (κ3) is 2.12. The molecule has 0 unspecified atom stereocenters. The summed E-state index contributed by atoms with van der Waals surface area (Å²) in [6.07, 6.45) is 1.89. The molecule has 0 spiro atoms. The first-order valence-electron chi connectivity index (χ1n) is 5.29. The largest absolute Gasteiger partial charge is 0.322 e. The number of H-pyrrole nitrogens is 1. The number of rotatable bonds is 3. The molecule has 1 aromatic carbocycles. The minimum atomic E-state index is -0.0448. The van der Waals surface area contributed by atoms with Crippen molar-refractivity contribution in [2.24, 2.45) is 0 Å². The molecule has 0 radical (unpaired) electrons. The molecule has 3 nitrogen and oxygen atoms in total. The van der Waals surface area contributed by atoms with Crippen molar-refractivity contribution in [2.75, 3.05) is 0 Å². The number of benzene rings is 1. The molecule has 2 aromatic rings. The van der Waals surface area contributed by atoms with Gasteiger partial charge in [-0.3, -0.25) is 4.79 Å². The summed E-state index contributed by atoms with van der Waals surface area (Å²) in [6.45, 7) is 0. The maximum atomic E-state index is 11.7. The number of hydrogen-bond donors (Lipinski definition) is 1. The van der Waals surface area contributed by atoms with Gasteiger partial charge in [-0.2, -0.15) is 5.26 Å². The average Bonchev–Trinajstić information content (AvgIpc) is 2.30. The van der Waals surface area contributed by atoms with Crippen molar-refractivity contribution in [3.63, 3.8) is 0 Å². The molecule has 1 heterocycles. The molecule has 0 saturated heterocycles. The van der Waals surface area contributed by atoms with E-state index < -0.39 is 0 Å². The fraction of sp³-hybridized carbons (Fsp3) is 0.231. The molecule has 0 fully saturated rings. The van der Waals surface area contributed by atoms with E-state index in [0.717, 1.165) is 22.9 Å². The number of para-hydroxylation sites is 1. The molecule has 0 bridgehead atoms. The maximum absolute atomic E-state index is 11.7. The first-order valence-corrected chi connectivity index (χ1v) is 5.29. The lowest BCUT2D eigenvalue weighted by Gasteiger charge is -2.01. The molecule has 0 atom stereocenters. The SMILES string of the molecule is N#CCCCc1cc2ccccc2[nH]c1=O. The number of aromatic nitrogens is 1. The van der Waals surface area contributed by atoms with E-state index >= 15 is 0 Å². The van der Waals surface area contributed by atoms with E-state index in [1.165, 1.54) is 0 Å². The van der Waals surface area contributed by atoms with Crippen molar-refractivity contribution < 1.29 is 0 Å². The summed E-state index contributed by atoms with van der Waals surface area (Å²) in [5.74, 6) is 0. The summed E-state index contributed by atoms with van der Waals surface area (Å²) in [7, 11) is 0. The Bertz CT molecular complexity index is 593. The van der Waals surface area contributed by atoms with E-state index in [9.17, 15) is 4.79 Å². The number of nitriles is 1. The Balaban J connectivity index is 2.36. The summed E-state index contributed by atoms with van der Waals surface area (Å²) in [4.78, 5) is 14.5. The number of fused-ring (bicyclic) bond motifs is 1. The average molecular weight is 212 g/mol. The summed E-state index contributed by atoms with van der Waals surface area (Å²) >= 11 is 0. The monoisotopic (exact) mass is 212 g/mol. The van der Waals surface area contributed by atoms with Crippen LogP contribution in [0.1, 0.15) is 18.4 Å². The standard InChI is InChI=1S/C13H12N2O/c14-8-4-3-6-11-9-10-5-1-2-7-12(10)15-13(11)16/h1-2,5,7,9H,3-4,6H2,(H,15,16). The molecule has 16 heavy (non-hydrogen) atoms. The van der Waals surface area contributed by atoms with Gasteiger partial charge < -0.3 is 4.98 Å². The predicted octanol–water partition coefficient (Wildman–Crippen LogP) is 2.37. The molecule has 0 aliphatic rings. The van der Waals surface area contributed by atoms with Crippen LogP contribution in [0.15, 0.2) is 35.1 Å². The van der Waals surface area contributed by atoms with Crippen LogP contribution < -0.4 is 5.56 Å². The van der Waals surface area contributed by atoms with Crippen LogP contribution in [0, 0.1) is 11.3 Å². The number of pyridine rings is 1. The van der Waals surface area contributed by atoms with Gasteiger partial charge in [0.1, 0.15) is 0 Å². The van der Waals surface area contributed by atoms with Gasteiger partial charge >= 0.3 is 0 Å². The molecule has 1 N–H and O–H groups in total. The van der Waals surface area contributed by atoms with Crippen LogP contribution in [0.5, 0.6) is 0 Å². The summed E-state index contributed by atoms with van der Waals surface area (Å²) < 4.78 is 0. The Morgan fingerprint density at radius 2 is 2.12 bits per heavy atom. The summed E-state index contributed by atoms with van der Waals surface area (Å²) in [5, 5.41) is 9.49. The molecule has 80 valence electrons. The van der Waals surface area contributed by atoms with Crippen LogP contribution in [0.25, 0.3) is 10.9 Å². The number of aryl methyl sites for hydroxylation is 1. The van der Waals surface area contributed by atoms with Gasteiger partial charge in [0.05, 0.1) is 6.07 Å². The van der Waals surface area contributed by atoms with Gasteiger partial charge in [-0.25, -0.2) is 0 Å². The molecular weight excluding hydrogens is 200 g/mol. The van der Waals surface area contributed by atoms with E-state index in [1.807, 2.05) is 30.3 Å². The quantitative estimate of drug-likeness (QED) is 0.794. The summed E-state index contributed by atoms with van der Waals surface area (Å²) in [5.41, 5.74) is 1.57. The zero-order valence-corrected chi connectivity index (χ0v) is 8.86. The van der Waals surface area contributed by atoms with Crippen molar-refractivity contribution in [2.45, 2.75) is 19.3 Å². The lowest BCUT2D eigenvalue weighted by atomic mass is 10.1. The smallest absolute Gasteiger partial charge is 0.251 e. The van der Waals surface area contributed by atoms with Crippen molar-refractivity contribution in [1.29, 1.82) is 5.26 Å². The van der Waals surface area contributed by atoms with E-state index in [4.69, 9.17) is 5.26 Å². The van der Waals surface area contributed by atoms with E-state index in [2.05, 4.69) is 11.1 Å². The normalized spacial score (nSPS) is 10.2. The molecule has 1 aromatic heterocycles. The van der Waals surface area contributed by atoms with Gasteiger partial charge in [0.2, 0.25) is 0 Å². The van der Waals surface area contributed by atoms with Gasteiger partial charge in [0.15, 0.2) is 0 Å². The van der Waals surface area contributed by atoms with Crippen LogP contribution >= 0.6 is 0 Å². The zero-order chi connectivity index (χ0) is 11.4. The summed E-state index contributed by atoms with van der Waals surface area (Å²) in [6, 6.07) is 11.7. The second-order valence-corrected chi connectivity index (χ2v) is 3.72. The molecular formula is C13H12N2O.